The molecule has 0 unspecified atom stereocenters. The van der Waals surface area contributed by atoms with Crippen molar-refractivity contribution in [3.8, 4) is 0 Å². The second-order valence-corrected chi connectivity index (χ2v) is 5.72. The lowest BCUT2D eigenvalue weighted by Crippen LogP contribution is -2.29. The second kappa shape index (κ2) is 6.77. The van der Waals surface area contributed by atoms with Gasteiger partial charge < -0.3 is 4.74 Å². The molecule has 0 N–H and O–H groups in total. The number of ether oxygens (including phenoxy) is 1. The van der Waals surface area contributed by atoms with E-state index in [1.807, 2.05) is 0 Å². The molecule has 1 fully saturated rings. The number of halogens is 4. The molecule has 0 radical (unpaired) electrons. The predicted molar refractivity (Wildman–Crippen MR) is 74.1 cm³/mol. The summed E-state index contributed by atoms with van der Waals surface area (Å²) in [5, 5.41) is 0. The van der Waals surface area contributed by atoms with Gasteiger partial charge in [-0.05, 0) is 43.7 Å². The maximum atomic E-state index is 14.0. The quantitative estimate of drug-likeness (QED) is 0.640. The Morgan fingerprint density at radius 1 is 1.10 bits per heavy atom. The molecular weight excluding hydrogens is 284 g/mol. The Labute approximate surface area is 123 Å². The zero-order valence-corrected chi connectivity index (χ0v) is 12.0. The standard InChI is InChI=1S/C16H20F4O.H2/c1-2-3-11-4-6-15(7-5-11)21-16(19,20)12-8-13(17)10-14(18)9-12;/h8-11,15H,2-7H2,1H3;1H. The first-order valence-electron chi connectivity index (χ1n) is 7.43. The van der Waals surface area contributed by atoms with Crippen LogP contribution in [0, 0.1) is 17.6 Å². The fraction of sp³-hybridized carbons (Fsp3) is 0.625. The second-order valence-electron chi connectivity index (χ2n) is 5.72. The van der Waals surface area contributed by atoms with Crippen molar-refractivity contribution in [1.82, 2.24) is 0 Å². The van der Waals surface area contributed by atoms with Crippen molar-refractivity contribution < 1.29 is 23.7 Å². The SMILES string of the molecule is CCCC1CCC(OC(F)(F)c2cc(F)cc(F)c2)CC1.[HH]. The fourth-order valence-corrected chi connectivity index (χ4v) is 2.95. The van der Waals surface area contributed by atoms with Crippen molar-refractivity contribution in [3.63, 3.8) is 0 Å². The average Bonchev–Trinajstić information content (AvgIpc) is 2.40. The van der Waals surface area contributed by atoms with E-state index in [2.05, 4.69) is 6.92 Å². The van der Waals surface area contributed by atoms with E-state index in [1.54, 1.807) is 0 Å². The topological polar surface area (TPSA) is 9.23 Å². The van der Waals surface area contributed by atoms with Gasteiger partial charge in [-0.3, -0.25) is 0 Å². The summed E-state index contributed by atoms with van der Waals surface area (Å²) < 4.78 is 58.9. The van der Waals surface area contributed by atoms with E-state index >= 15 is 0 Å². The first kappa shape index (κ1) is 16.3. The molecule has 5 heteroatoms. The summed E-state index contributed by atoms with van der Waals surface area (Å²) in [6.07, 6.45) is 0.853. The van der Waals surface area contributed by atoms with Gasteiger partial charge in [-0.25, -0.2) is 8.78 Å². The molecular formula is C16H22F4O. The van der Waals surface area contributed by atoms with Gasteiger partial charge in [-0.2, -0.15) is 8.78 Å². The number of rotatable bonds is 5. The van der Waals surface area contributed by atoms with Crippen LogP contribution in [0.2, 0.25) is 0 Å². The predicted octanol–water partition coefficient (Wildman–Crippen LogP) is 5.64. The van der Waals surface area contributed by atoms with E-state index < -0.39 is 29.4 Å². The smallest absolute Gasteiger partial charge is 0.313 e. The maximum absolute atomic E-state index is 14.0. The molecule has 1 aliphatic carbocycles. The molecule has 0 spiro atoms. The van der Waals surface area contributed by atoms with Gasteiger partial charge in [-0.15, -0.1) is 0 Å². The van der Waals surface area contributed by atoms with E-state index in [1.165, 1.54) is 0 Å². The Bertz CT molecular complexity index is 453. The summed E-state index contributed by atoms with van der Waals surface area (Å²) in [5.74, 6) is -1.48. The summed E-state index contributed by atoms with van der Waals surface area (Å²) >= 11 is 0. The van der Waals surface area contributed by atoms with E-state index in [9.17, 15) is 17.6 Å². The molecule has 120 valence electrons. The van der Waals surface area contributed by atoms with Crippen molar-refractivity contribution in [1.29, 1.82) is 0 Å². The Hall–Kier alpha value is -1.10. The molecule has 0 aromatic heterocycles. The van der Waals surface area contributed by atoms with E-state index in [-0.39, 0.29) is 1.43 Å². The van der Waals surface area contributed by atoms with Gasteiger partial charge in [0.1, 0.15) is 11.6 Å². The monoisotopic (exact) mass is 306 g/mol. The van der Waals surface area contributed by atoms with E-state index in [0.29, 0.717) is 37.0 Å². The van der Waals surface area contributed by atoms with Crippen LogP contribution in [0.3, 0.4) is 0 Å². The van der Waals surface area contributed by atoms with Gasteiger partial charge in [0.25, 0.3) is 0 Å². The molecule has 1 aliphatic rings. The van der Waals surface area contributed by atoms with Crippen molar-refractivity contribution in [2.75, 3.05) is 0 Å². The van der Waals surface area contributed by atoms with Crippen LogP contribution in [0.5, 0.6) is 0 Å². The molecule has 0 atom stereocenters. The van der Waals surface area contributed by atoms with Gasteiger partial charge in [-0.1, -0.05) is 19.8 Å². The first-order valence-corrected chi connectivity index (χ1v) is 7.43. The zero-order valence-electron chi connectivity index (χ0n) is 12.0. The molecule has 0 saturated heterocycles. The third-order valence-electron chi connectivity index (χ3n) is 4.00. The Kier molecular flexibility index (Phi) is 5.25. The lowest BCUT2D eigenvalue weighted by atomic mass is 9.84. The molecule has 0 bridgehead atoms. The number of hydrogen-bond acceptors (Lipinski definition) is 1. The molecule has 1 saturated carbocycles. The van der Waals surface area contributed by atoms with Crippen molar-refractivity contribution in [2.45, 2.75) is 57.7 Å². The fourth-order valence-electron chi connectivity index (χ4n) is 2.95. The minimum Gasteiger partial charge on any atom is -0.313 e. The number of alkyl halides is 2. The van der Waals surface area contributed by atoms with Crippen LogP contribution < -0.4 is 0 Å². The average molecular weight is 306 g/mol. The van der Waals surface area contributed by atoms with Crippen LogP contribution in [0.15, 0.2) is 18.2 Å². The lowest BCUT2D eigenvalue weighted by Gasteiger charge is -2.31. The first-order chi connectivity index (χ1) is 9.90. The Morgan fingerprint density at radius 3 is 2.19 bits per heavy atom. The van der Waals surface area contributed by atoms with Crippen LogP contribution >= 0.6 is 0 Å². The maximum Gasteiger partial charge on any atom is 0.383 e. The highest BCUT2D eigenvalue weighted by atomic mass is 19.3. The minimum atomic E-state index is -3.66. The molecule has 1 aromatic carbocycles. The van der Waals surface area contributed by atoms with Crippen LogP contribution in [-0.2, 0) is 10.8 Å². The van der Waals surface area contributed by atoms with Gasteiger partial charge in [0, 0.05) is 7.49 Å². The molecule has 0 amide bonds. The zero-order chi connectivity index (χ0) is 15.5. The van der Waals surface area contributed by atoms with Crippen LogP contribution in [0.25, 0.3) is 0 Å². The third-order valence-corrected chi connectivity index (χ3v) is 4.00. The minimum absolute atomic E-state index is 0. The van der Waals surface area contributed by atoms with Crippen LogP contribution in [0.1, 0.15) is 52.4 Å². The summed E-state index contributed by atoms with van der Waals surface area (Å²) in [5.41, 5.74) is -0.768. The molecule has 1 aromatic rings. The lowest BCUT2D eigenvalue weighted by molar-refractivity contribution is -0.278. The van der Waals surface area contributed by atoms with Crippen molar-refractivity contribution in [3.05, 3.63) is 35.4 Å². The largest absolute Gasteiger partial charge is 0.383 e. The normalized spacial score (nSPS) is 23.3. The highest BCUT2D eigenvalue weighted by Gasteiger charge is 2.38. The molecule has 2 rings (SSSR count). The Morgan fingerprint density at radius 2 is 1.67 bits per heavy atom. The van der Waals surface area contributed by atoms with Gasteiger partial charge in [0.05, 0.1) is 11.7 Å². The molecule has 1 nitrogen and oxygen atoms in total. The van der Waals surface area contributed by atoms with Crippen LogP contribution in [-0.4, -0.2) is 6.10 Å². The summed E-state index contributed by atoms with van der Waals surface area (Å²) in [6, 6.07) is 1.80. The molecule has 0 heterocycles. The van der Waals surface area contributed by atoms with Gasteiger partial charge in [0.2, 0.25) is 0 Å². The van der Waals surface area contributed by atoms with Crippen molar-refractivity contribution in [2.24, 2.45) is 5.92 Å². The summed E-state index contributed by atoms with van der Waals surface area (Å²) in [7, 11) is 0. The third kappa shape index (κ3) is 4.43. The Balaban J connectivity index is 0.00000242. The highest BCUT2D eigenvalue weighted by Crippen LogP contribution is 2.37. The van der Waals surface area contributed by atoms with E-state index in [4.69, 9.17) is 4.74 Å². The van der Waals surface area contributed by atoms with Gasteiger partial charge in [0.15, 0.2) is 0 Å². The molecule has 21 heavy (non-hydrogen) atoms. The summed E-state index contributed by atoms with van der Waals surface area (Å²) in [6.45, 7) is 2.11. The van der Waals surface area contributed by atoms with Gasteiger partial charge >= 0.3 is 6.11 Å². The summed E-state index contributed by atoms with van der Waals surface area (Å²) in [4.78, 5) is 0. The molecule has 0 aliphatic heterocycles. The van der Waals surface area contributed by atoms with Crippen molar-refractivity contribution >= 4 is 0 Å². The highest BCUT2D eigenvalue weighted by molar-refractivity contribution is 5.20. The van der Waals surface area contributed by atoms with E-state index in [0.717, 1.165) is 25.7 Å². The number of benzene rings is 1. The number of hydrogen-bond donors (Lipinski definition) is 0. The van der Waals surface area contributed by atoms with Crippen LogP contribution in [0.4, 0.5) is 17.6 Å².